The molecule has 11 heavy (non-hydrogen) atoms. The van der Waals surface area contributed by atoms with Crippen LogP contribution in [0.15, 0.2) is 24.3 Å². The Morgan fingerprint density at radius 3 is 2.09 bits per heavy atom. The maximum absolute atomic E-state index is 3.21. The zero-order chi connectivity index (χ0) is 7.61. The Morgan fingerprint density at radius 2 is 1.82 bits per heavy atom. The first-order chi connectivity index (χ1) is 4.61. The van der Waals surface area contributed by atoms with E-state index in [0.717, 1.165) is 0 Å². The molecule has 0 aliphatic carbocycles. The van der Waals surface area contributed by atoms with Gasteiger partial charge in [-0.05, 0) is 17.0 Å². The normalized spacial score (nSPS) is 10.5. The zero-order valence-electron chi connectivity index (χ0n) is 6.81. The fourth-order valence-electron chi connectivity index (χ4n) is 0.860. The summed E-state index contributed by atoms with van der Waals surface area (Å²) in [7, 11) is 0. The Kier molecular flexibility index (Phi) is 3.93. The molecule has 0 nitrogen and oxygen atoms in total. The molecule has 0 saturated carbocycles. The van der Waals surface area contributed by atoms with E-state index in [1.807, 2.05) is 12.1 Å². The summed E-state index contributed by atoms with van der Waals surface area (Å²) in [6, 6.07) is 11.3. The van der Waals surface area contributed by atoms with Crippen molar-refractivity contribution in [3.8, 4) is 0 Å². The molecule has 1 aromatic carbocycles. The molecule has 0 saturated heterocycles. The van der Waals surface area contributed by atoms with Gasteiger partial charge in [0.25, 0.3) is 0 Å². The summed E-state index contributed by atoms with van der Waals surface area (Å²) in [4.78, 5) is 0. The first-order valence-corrected chi connectivity index (χ1v) is 3.58. The summed E-state index contributed by atoms with van der Waals surface area (Å²) >= 11 is 0. The standard InChI is InChI=1S/C10H13.Li.H/c1-10(2,3)9-7-5-4-6-8-9;;/h4-7H,1-3H3;;. The first-order valence-electron chi connectivity index (χ1n) is 3.58. The van der Waals surface area contributed by atoms with Crippen LogP contribution in [0.4, 0.5) is 0 Å². The van der Waals surface area contributed by atoms with Gasteiger partial charge in [0.2, 0.25) is 0 Å². The second kappa shape index (κ2) is 4.00. The van der Waals surface area contributed by atoms with E-state index in [4.69, 9.17) is 0 Å². The van der Waals surface area contributed by atoms with Gasteiger partial charge in [0.05, 0.1) is 0 Å². The predicted octanol–water partition coefficient (Wildman–Crippen LogP) is 2.14. The Hall–Kier alpha value is -0.183. The molecule has 1 aromatic rings. The van der Waals surface area contributed by atoms with E-state index in [2.05, 4.69) is 39.0 Å². The molecule has 1 radical (unpaired) electrons. The second-order valence-corrected chi connectivity index (χ2v) is 3.53. The molecule has 0 fully saturated rings. The molecule has 0 unspecified atom stereocenters. The van der Waals surface area contributed by atoms with Crippen molar-refractivity contribution in [2.24, 2.45) is 0 Å². The molecule has 0 atom stereocenters. The topological polar surface area (TPSA) is 0 Å². The monoisotopic (exact) mass is 141 g/mol. The average molecular weight is 141 g/mol. The van der Waals surface area contributed by atoms with Crippen LogP contribution >= 0.6 is 0 Å². The summed E-state index contributed by atoms with van der Waals surface area (Å²) < 4.78 is 0. The summed E-state index contributed by atoms with van der Waals surface area (Å²) in [6.45, 7) is 6.58. The Balaban J connectivity index is 0.000001000. The molecule has 0 spiro atoms. The fraction of sp³-hybridized carbons (Fsp3) is 0.400. The SMILES string of the molecule is CC(C)(C)c1[c]cccc1.[LiH]. The summed E-state index contributed by atoms with van der Waals surface area (Å²) in [5.41, 5.74) is 1.51. The molecule has 1 rings (SSSR count). The van der Waals surface area contributed by atoms with Gasteiger partial charge in [-0.2, -0.15) is 0 Å². The number of rotatable bonds is 0. The van der Waals surface area contributed by atoms with Crippen LogP contribution in [0, 0.1) is 6.07 Å². The molecular weight excluding hydrogens is 127 g/mol. The average Bonchev–Trinajstić information content (AvgIpc) is 1.88. The molecule has 0 N–H and O–H groups in total. The van der Waals surface area contributed by atoms with Crippen molar-refractivity contribution >= 4 is 18.9 Å². The van der Waals surface area contributed by atoms with Gasteiger partial charge in [0.15, 0.2) is 0 Å². The zero-order valence-corrected chi connectivity index (χ0v) is 6.81. The van der Waals surface area contributed by atoms with Gasteiger partial charge in [0.1, 0.15) is 0 Å². The van der Waals surface area contributed by atoms with Crippen LogP contribution in [-0.2, 0) is 5.41 Å². The quantitative estimate of drug-likeness (QED) is 0.485. The van der Waals surface area contributed by atoms with Crippen molar-refractivity contribution < 1.29 is 0 Å². The van der Waals surface area contributed by atoms with Gasteiger partial charge in [-0.25, -0.2) is 0 Å². The maximum atomic E-state index is 3.21. The van der Waals surface area contributed by atoms with E-state index in [-0.39, 0.29) is 24.3 Å². The van der Waals surface area contributed by atoms with Gasteiger partial charge in [-0.3, -0.25) is 0 Å². The van der Waals surface area contributed by atoms with Crippen LogP contribution in [0.3, 0.4) is 0 Å². The third-order valence-electron chi connectivity index (χ3n) is 1.52. The van der Waals surface area contributed by atoms with Crippen LogP contribution in [0.5, 0.6) is 0 Å². The summed E-state index contributed by atoms with van der Waals surface area (Å²) in [6.07, 6.45) is 0. The molecule has 0 heterocycles. The van der Waals surface area contributed by atoms with Crippen LogP contribution in [0.25, 0.3) is 0 Å². The molecule has 0 amide bonds. The molecule has 0 bridgehead atoms. The van der Waals surface area contributed by atoms with Crippen molar-refractivity contribution in [1.29, 1.82) is 0 Å². The van der Waals surface area contributed by atoms with Crippen molar-refractivity contribution in [2.75, 3.05) is 0 Å². The molecule has 0 aliphatic rings. The summed E-state index contributed by atoms with van der Waals surface area (Å²) in [5, 5.41) is 0. The van der Waals surface area contributed by atoms with Gasteiger partial charge in [-0.15, -0.1) is 0 Å². The molecule has 55 valence electrons. The van der Waals surface area contributed by atoms with Crippen LogP contribution in [0.2, 0.25) is 0 Å². The fourth-order valence-corrected chi connectivity index (χ4v) is 0.860. The number of hydrogen-bond donors (Lipinski definition) is 0. The Morgan fingerprint density at radius 1 is 1.18 bits per heavy atom. The first kappa shape index (κ1) is 10.8. The van der Waals surface area contributed by atoms with E-state index in [0.29, 0.717) is 0 Å². The third kappa shape index (κ3) is 3.14. The van der Waals surface area contributed by atoms with E-state index in [1.165, 1.54) is 5.56 Å². The number of hydrogen-bond acceptors (Lipinski definition) is 0. The van der Waals surface area contributed by atoms with E-state index >= 15 is 0 Å². The second-order valence-electron chi connectivity index (χ2n) is 3.53. The van der Waals surface area contributed by atoms with Crippen molar-refractivity contribution in [1.82, 2.24) is 0 Å². The Labute approximate surface area is 81.2 Å². The molecule has 0 aliphatic heterocycles. The van der Waals surface area contributed by atoms with Crippen molar-refractivity contribution in [3.05, 3.63) is 35.9 Å². The van der Waals surface area contributed by atoms with Crippen molar-refractivity contribution in [2.45, 2.75) is 26.2 Å². The van der Waals surface area contributed by atoms with E-state index in [1.54, 1.807) is 0 Å². The third-order valence-corrected chi connectivity index (χ3v) is 1.52. The minimum atomic E-state index is 0. The van der Waals surface area contributed by atoms with E-state index < -0.39 is 0 Å². The van der Waals surface area contributed by atoms with Crippen LogP contribution in [-0.4, -0.2) is 18.9 Å². The molecular formula is C10H14Li. The predicted molar refractivity (Wildman–Crippen MR) is 51.1 cm³/mol. The van der Waals surface area contributed by atoms with Gasteiger partial charge >= 0.3 is 18.9 Å². The van der Waals surface area contributed by atoms with Crippen LogP contribution in [0.1, 0.15) is 26.3 Å². The Bertz CT molecular complexity index is 196. The van der Waals surface area contributed by atoms with Crippen LogP contribution < -0.4 is 0 Å². The minimum absolute atomic E-state index is 0. The summed E-state index contributed by atoms with van der Waals surface area (Å²) in [5.74, 6) is 0. The molecule has 1 heteroatoms. The van der Waals surface area contributed by atoms with Gasteiger partial charge in [0, 0.05) is 0 Å². The molecule has 0 aromatic heterocycles. The van der Waals surface area contributed by atoms with Gasteiger partial charge in [-0.1, -0.05) is 45.0 Å². The number of benzene rings is 1. The van der Waals surface area contributed by atoms with E-state index in [9.17, 15) is 0 Å². The van der Waals surface area contributed by atoms with Gasteiger partial charge < -0.3 is 0 Å². The van der Waals surface area contributed by atoms with Crippen molar-refractivity contribution in [3.63, 3.8) is 0 Å².